The Balaban J connectivity index is 1.78. The number of benzene rings is 1. The van der Waals surface area contributed by atoms with Crippen LogP contribution in [0, 0.1) is 5.92 Å². The van der Waals surface area contributed by atoms with E-state index in [-0.39, 0.29) is 17.2 Å². The zero-order chi connectivity index (χ0) is 15.7. The van der Waals surface area contributed by atoms with Crippen molar-refractivity contribution >= 4 is 32.6 Å². The number of hydrogen-bond acceptors (Lipinski definition) is 3. The Morgan fingerprint density at radius 1 is 1.23 bits per heavy atom. The fourth-order valence-corrected chi connectivity index (χ4v) is 3.92. The zero-order valence-corrected chi connectivity index (χ0v) is 14.4. The number of hydrogen-bond donors (Lipinski definition) is 1. The predicted octanol–water partition coefficient (Wildman–Crippen LogP) is 5.11. The Bertz CT molecular complexity index is 678. The molecule has 3 nitrogen and oxygen atoms in total. The maximum absolute atomic E-state index is 12.3. The smallest absolute Gasteiger partial charge is 0.229 e. The molecule has 1 aliphatic carbocycles. The van der Waals surface area contributed by atoms with Crippen LogP contribution in [0.1, 0.15) is 58.4 Å². The maximum atomic E-state index is 12.3. The molecule has 2 aromatic rings. The van der Waals surface area contributed by atoms with E-state index in [2.05, 4.69) is 49.3 Å². The van der Waals surface area contributed by atoms with Crippen molar-refractivity contribution < 1.29 is 4.79 Å². The van der Waals surface area contributed by atoms with Crippen LogP contribution < -0.4 is 5.32 Å². The number of nitrogens with zero attached hydrogens (tertiary/aromatic N) is 1. The van der Waals surface area contributed by atoms with Crippen molar-refractivity contribution in [2.75, 3.05) is 5.32 Å². The predicted molar refractivity (Wildman–Crippen MR) is 93.5 cm³/mol. The van der Waals surface area contributed by atoms with Crippen LogP contribution in [-0.4, -0.2) is 10.9 Å². The second kappa shape index (κ2) is 5.99. The first-order valence-corrected chi connectivity index (χ1v) is 8.97. The van der Waals surface area contributed by atoms with Gasteiger partial charge >= 0.3 is 0 Å². The Kier molecular flexibility index (Phi) is 4.22. The summed E-state index contributed by atoms with van der Waals surface area (Å²) in [5.41, 5.74) is 2.40. The van der Waals surface area contributed by atoms with Gasteiger partial charge in [-0.3, -0.25) is 4.79 Å². The van der Waals surface area contributed by atoms with Crippen LogP contribution >= 0.6 is 11.3 Å². The first-order valence-electron chi connectivity index (χ1n) is 8.15. The van der Waals surface area contributed by atoms with E-state index in [1.807, 2.05) is 0 Å². The van der Waals surface area contributed by atoms with Crippen molar-refractivity contribution in [1.82, 2.24) is 4.98 Å². The van der Waals surface area contributed by atoms with Crippen molar-refractivity contribution in [2.24, 2.45) is 5.92 Å². The number of amides is 1. The van der Waals surface area contributed by atoms with E-state index in [1.165, 1.54) is 24.8 Å². The average Bonchev–Trinajstić information content (AvgIpc) is 2.88. The van der Waals surface area contributed by atoms with Crippen LogP contribution in [0.4, 0.5) is 5.13 Å². The lowest BCUT2D eigenvalue weighted by Gasteiger charge is -2.19. The molecule has 0 radical (unpaired) electrons. The summed E-state index contributed by atoms with van der Waals surface area (Å²) in [6.07, 6.45) is 5.65. The Labute approximate surface area is 136 Å². The lowest BCUT2D eigenvalue weighted by Crippen LogP contribution is -2.24. The summed E-state index contributed by atoms with van der Waals surface area (Å²) in [5, 5.41) is 3.76. The molecular weight excluding hydrogens is 292 g/mol. The van der Waals surface area contributed by atoms with Gasteiger partial charge in [0.1, 0.15) is 0 Å². The molecule has 4 heteroatoms. The maximum Gasteiger partial charge on any atom is 0.229 e. The summed E-state index contributed by atoms with van der Waals surface area (Å²) in [4.78, 5) is 16.9. The van der Waals surface area contributed by atoms with Crippen molar-refractivity contribution in [1.29, 1.82) is 0 Å². The van der Waals surface area contributed by atoms with Gasteiger partial charge < -0.3 is 5.32 Å². The third kappa shape index (κ3) is 3.32. The molecule has 1 aromatic carbocycles. The van der Waals surface area contributed by atoms with Crippen molar-refractivity contribution in [3.05, 3.63) is 23.8 Å². The Morgan fingerprint density at radius 2 is 1.95 bits per heavy atom. The highest BCUT2D eigenvalue weighted by Gasteiger charge is 2.22. The average molecular weight is 316 g/mol. The van der Waals surface area contributed by atoms with Crippen LogP contribution in [0.2, 0.25) is 0 Å². The number of carbonyl (C=O) groups excluding carboxylic acids is 1. The molecule has 1 amide bonds. The van der Waals surface area contributed by atoms with Crippen molar-refractivity contribution in [2.45, 2.75) is 58.3 Å². The second-order valence-electron chi connectivity index (χ2n) is 7.28. The molecule has 0 bridgehead atoms. The first-order chi connectivity index (χ1) is 10.4. The SMILES string of the molecule is CC(C)(C)c1ccc2nc(NC(=O)C3CCCCC3)sc2c1. The largest absolute Gasteiger partial charge is 0.302 e. The molecule has 3 rings (SSSR count). The highest BCUT2D eigenvalue weighted by Crippen LogP contribution is 2.32. The molecule has 22 heavy (non-hydrogen) atoms. The van der Waals surface area contributed by atoms with E-state index in [0.717, 1.165) is 28.2 Å². The molecule has 1 aliphatic rings. The highest BCUT2D eigenvalue weighted by molar-refractivity contribution is 7.22. The minimum atomic E-state index is 0.129. The number of carbonyl (C=O) groups is 1. The fraction of sp³-hybridized carbons (Fsp3) is 0.556. The number of nitrogens with one attached hydrogen (secondary N) is 1. The number of fused-ring (bicyclic) bond motifs is 1. The molecule has 1 heterocycles. The summed E-state index contributed by atoms with van der Waals surface area (Å²) in [6, 6.07) is 6.39. The van der Waals surface area contributed by atoms with Crippen LogP contribution in [0.5, 0.6) is 0 Å². The topological polar surface area (TPSA) is 42.0 Å². The molecular formula is C18H24N2OS. The Morgan fingerprint density at radius 3 is 2.64 bits per heavy atom. The summed E-state index contributed by atoms with van der Waals surface area (Å²) >= 11 is 1.58. The van der Waals surface area contributed by atoms with Crippen molar-refractivity contribution in [3.63, 3.8) is 0 Å². The van der Waals surface area contributed by atoms with E-state index in [9.17, 15) is 4.79 Å². The monoisotopic (exact) mass is 316 g/mol. The van der Waals surface area contributed by atoms with Crippen LogP contribution in [-0.2, 0) is 10.2 Å². The zero-order valence-electron chi connectivity index (χ0n) is 13.6. The van der Waals surface area contributed by atoms with Gasteiger partial charge in [-0.15, -0.1) is 0 Å². The quantitative estimate of drug-likeness (QED) is 0.836. The summed E-state index contributed by atoms with van der Waals surface area (Å²) in [6.45, 7) is 6.63. The highest BCUT2D eigenvalue weighted by atomic mass is 32.1. The summed E-state index contributed by atoms with van der Waals surface area (Å²) in [5.74, 6) is 0.320. The summed E-state index contributed by atoms with van der Waals surface area (Å²) < 4.78 is 1.14. The van der Waals surface area contributed by atoms with Gasteiger partial charge in [0.15, 0.2) is 5.13 Å². The molecule has 1 N–H and O–H groups in total. The molecule has 0 atom stereocenters. The van der Waals surface area contributed by atoms with Gasteiger partial charge in [0.05, 0.1) is 10.2 Å². The number of anilines is 1. The lowest BCUT2D eigenvalue weighted by atomic mass is 9.87. The third-order valence-electron chi connectivity index (χ3n) is 4.46. The molecule has 0 unspecified atom stereocenters. The molecule has 1 saturated carbocycles. The first kappa shape index (κ1) is 15.5. The normalized spacial score (nSPS) is 16.9. The molecule has 0 saturated heterocycles. The molecule has 118 valence electrons. The van der Waals surface area contributed by atoms with Crippen LogP contribution in [0.15, 0.2) is 18.2 Å². The number of aromatic nitrogens is 1. The number of thiazole rings is 1. The lowest BCUT2D eigenvalue weighted by molar-refractivity contribution is -0.120. The third-order valence-corrected chi connectivity index (χ3v) is 5.39. The van der Waals surface area contributed by atoms with Crippen LogP contribution in [0.25, 0.3) is 10.2 Å². The minimum Gasteiger partial charge on any atom is -0.302 e. The molecule has 0 spiro atoms. The molecule has 1 fully saturated rings. The van der Waals surface area contributed by atoms with Gasteiger partial charge in [-0.1, -0.05) is 57.4 Å². The van der Waals surface area contributed by atoms with Gasteiger partial charge in [-0.2, -0.15) is 0 Å². The van der Waals surface area contributed by atoms with Crippen LogP contribution in [0.3, 0.4) is 0 Å². The van der Waals surface area contributed by atoms with E-state index in [1.54, 1.807) is 11.3 Å². The second-order valence-corrected chi connectivity index (χ2v) is 8.31. The standard InChI is InChI=1S/C18H24N2OS/c1-18(2,3)13-9-10-14-15(11-13)22-17(19-14)20-16(21)12-7-5-4-6-8-12/h9-12H,4-8H2,1-3H3,(H,19,20,21). The van der Waals surface area contributed by atoms with Gasteiger partial charge in [-0.05, 0) is 36.0 Å². The number of rotatable bonds is 2. The molecule has 1 aromatic heterocycles. The Hall–Kier alpha value is -1.42. The van der Waals surface area contributed by atoms with Gasteiger partial charge in [-0.25, -0.2) is 4.98 Å². The van der Waals surface area contributed by atoms with E-state index in [0.29, 0.717) is 0 Å². The van der Waals surface area contributed by atoms with Gasteiger partial charge in [0.25, 0.3) is 0 Å². The van der Waals surface area contributed by atoms with E-state index >= 15 is 0 Å². The van der Waals surface area contributed by atoms with E-state index in [4.69, 9.17) is 0 Å². The van der Waals surface area contributed by atoms with Gasteiger partial charge in [0, 0.05) is 5.92 Å². The van der Waals surface area contributed by atoms with Gasteiger partial charge in [0.2, 0.25) is 5.91 Å². The summed E-state index contributed by atoms with van der Waals surface area (Å²) in [7, 11) is 0. The minimum absolute atomic E-state index is 0.129. The van der Waals surface area contributed by atoms with Crippen molar-refractivity contribution in [3.8, 4) is 0 Å². The van der Waals surface area contributed by atoms with E-state index < -0.39 is 0 Å². The fourth-order valence-electron chi connectivity index (χ4n) is 3.02. The molecule has 0 aliphatic heterocycles.